The Bertz CT molecular complexity index is 55.9. The number of unbranched alkanes of at least 4 members (excludes halogenated alkanes) is 1. The Balaban J connectivity index is 0. The number of rotatable bonds is 2. The zero-order valence-electron chi connectivity index (χ0n) is 5.09. The van der Waals surface area contributed by atoms with Crippen molar-refractivity contribution in [2.75, 3.05) is 6.54 Å². The number of hydrogen-bond acceptors (Lipinski definition) is 3. The minimum absolute atomic E-state index is 0.844. The molecule has 0 bridgehead atoms. The monoisotopic (exact) mass is 132 g/mol. The van der Waals surface area contributed by atoms with Crippen molar-refractivity contribution in [1.29, 1.82) is 5.26 Å². The number of thiocyanates is 1. The van der Waals surface area contributed by atoms with Crippen LogP contribution in [-0.4, -0.2) is 6.54 Å². The molecule has 0 radical (unpaired) electrons. The number of nitrogens with zero attached hydrogens (tertiary/aromatic N) is 1. The Kier molecular flexibility index (Phi) is 21.2. The lowest BCUT2D eigenvalue weighted by atomic mass is 10.3. The molecule has 2 nitrogen and oxygen atoms in total. The summed E-state index contributed by atoms with van der Waals surface area (Å²) in [6, 6.07) is 0. The van der Waals surface area contributed by atoms with E-state index in [1.807, 2.05) is 0 Å². The predicted molar refractivity (Wildman–Crippen MR) is 38.6 cm³/mol. The van der Waals surface area contributed by atoms with Crippen LogP contribution in [0, 0.1) is 10.7 Å². The van der Waals surface area contributed by atoms with E-state index >= 15 is 0 Å². The lowest BCUT2D eigenvalue weighted by molar-refractivity contribution is 0.807. The first-order valence-corrected chi connectivity index (χ1v) is 3.01. The van der Waals surface area contributed by atoms with E-state index in [0.717, 1.165) is 6.54 Å². The molecule has 3 heteroatoms. The van der Waals surface area contributed by atoms with Crippen molar-refractivity contribution in [2.24, 2.45) is 5.73 Å². The van der Waals surface area contributed by atoms with Crippen molar-refractivity contribution in [2.45, 2.75) is 19.8 Å². The van der Waals surface area contributed by atoms with Gasteiger partial charge in [-0.05, 0) is 13.0 Å². The molecule has 8 heavy (non-hydrogen) atoms. The predicted octanol–water partition coefficient (Wildman–Crippen LogP) is 1.14. The first kappa shape index (κ1) is 10.7. The SMILES string of the molecule is CCCCN.N#CS. The standard InChI is InChI=1S/C4H11N.CHNS/c1-2-3-4-5;2-1-3/h2-5H2,1H3;3H. The fourth-order valence-electron chi connectivity index (χ4n) is 0.204. The molecule has 0 aliphatic rings. The van der Waals surface area contributed by atoms with Gasteiger partial charge in [0.25, 0.3) is 0 Å². The minimum atomic E-state index is 0.844. The summed E-state index contributed by atoms with van der Waals surface area (Å²) in [4.78, 5) is 0. The quantitative estimate of drug-likeness (QED) is 0.437. The van der Waals surface area contributed by atoms with Gasteiger partial charge >= 0.3 is 0 Å². The highest BCUT2D eigenvalue weighted by Crippen LogP contribution is 1.77. The summed E-state index contributed by atoms with van der Waals surface area (Å²) in [5.74, 6) is 0. The van der Waals surface area contributed by atoms with Crippen molar-refractivity contribution >= 4 is 12.6 Å². The summed E-state index contributed by atoms with van der Waals surface area (Å²) < 4.78 is 0. The first-order valence-electron chi connectivity index (χ1n) is 2.56. The Hall–Kier alpha value is -0.200. The van der Waals surface area contributed by atoms with Crippen LogP contribution in [-0.2, 0) is 0 Å². The van der Waals surface area contributed by atoms with Gasteiger partial charge in [-0.25, -0.2) is 0 Å². The summed E-state index contributed by atoms with van der Waals surface area (Å²) in [6.45, 7) is 2.98. The van der Waals surface area contributed by atoms with Gasteiger partial charge in [-0.2, -0.15) is 5.26 Å². The molecular formula is C5H12N2S. The highest BCUT2D eigenvalue weighted by molar-refractivity contribution is 7.85. The molecule has 0 saturated heterocycles. The number of thiol groups is 1. The summed E-state index contributed by atoms with van der Waals surface area (Å²) in [6.07, 6.45) is 2.39. The van der Waals surface area contributed by atoms with Crippen LogP contribution in [0.5, 0.6) is 0 Å². The van der Waals surface area contributed by atoms with Gasteiger partial charge < -0.3 is 5.73 Å². The molecule has 0 aliphatic heterocycles. The fourth-order valence-corrected chi connectivity index (χ4v) is 0.204. The van der Waals surface area contributed by atoms with Crippen LogP contribution in [0.4, 0.5) is 0 Å². The van der Waals surface area contributed by atoms with Crippen molar-refractivity contribution < 1.29 is 0 Å². The van der Waals surface area contributed by atoms with E-state index in [2.05, 4.69) is 19.6 Å². The normalized spacial score (nSPS) is 6.25. The Morgan fingerprint density at radius 1 is 1.75 bits per heavy atom. The van der Waals surface area contributed by atoms with Crippen LogP contribution in [0.2, 0.25) is 0 Å². The molecule has 0 atom stereocenters. The fraction of sp³-hybridized carbons (Fsp3) is 0.800. The van der Waals surface area contributed by atoms with E-state index in [9.17, 15) is 0 Å². The molecule has 0 fully saturated rings. The number of hydrogen-bond donors (Lipinski definition) is 2. The largest absolute Gasteiger partial charge is 0.330 e. The van der Waals surface area contributed by atoms with Crippen LogP contribution in [0.25, 0.3) is 0 Å². The van der Waals surface area contributed by atoms with Gasteiger partial charge in [0.1, 0.15) is 5.40 Å². The number of nitrogens with two attached hydrogens (primary N) is 1. The van der Waals surface area contributed by atoms with Crippen LogP contribution in [0.15, 0.2) is 0 Å². The van der Waals surface area contributed by atoms with E-state index in [-0.39, 0.29) is 0 Å². The van der Waals surface area contributed by atoms with Crippen molar-refractivity contribution in [3.05, 3.63) is 0 Å². The summed E-state index contributed by atoms with van der Waals surface area (Å²) in [5.41, 5.74) is 5.14. The van der Waals surface area contributed by atoms with Gasteiger partial charge in [-0.1, -0.05) is 26.0 Å². The molecule has 0 unspecified atom stereocenters. The molecule has 48 valence electrons. The van der Waals surface area contributed by atoms with Crippen molar-refractivity contribution in [3.8, 4) is 5.40 Å². The van der Waals surface area contributed by atoms with Gasteiger partial charge in [-0.3, -0.25) is 0 Å². The smallest absolute Gasteiger partial charge is 0.130 e. The van der Waals surface area contributed by atoms with E-state index in [0.29, 0.717) is 0 Å². The zero-order valence-corrected chi connectivity index (χ0v) is 5.99. The average Bonchev–Trinajstić information content (AvgIpc) is 1.71. The molecule has 2 N–H and O–H groups in total. The Morgan fingerprint density at radius 2 is 2.12 bits per heavy atom. The second-order valence-electron chi connectivity index (χ2n) is 1.24. The van der Waals surface area contributed by atoms with Crippen molar-refractivity contribution in [3.63, 3.8) is 0 Å². The first-order chi connectivity index (χ1) is 3.83. The molecule has 0 saturated carbocycles. The molecule has 0 spiro atoms. The maximum atomic E-state index is 7.18. The third-order valence-electron chi connectivity index (χ3n) is 0.558. The summed E-state index contributed by atoms with van der Waals surface area (Å²) in [7, 11) is 0. The van der Waals surface area contributed by atoms with E-state index in [4.69, 9.17) is 11.0 Å². The van der Waals surface area contributed by atoms with Gasteiger partial charge in [0, 0.05) is 0 Å². The third-order valence-corrected chi connectivity index (χ3v) is 0.558. The Labute approximate surface area is 56.1 Å². The highest BCUT2D eigenvalue weighted by Gasteiger charge is 1.67. The van der Waals surface area contributed by atoms with Crippen LogP contribution in [0.3, 0.4) is 0 Å². The maximum Gasteiger partial charge on any atom is 0.130 e. The lowest BCUT2D eigenvalue weighted by Crippen LogP contribution is -1.95. The van der Waals surface area contributed by atoms with Crippen molar-refractivity contribution in [1.82, 2.24) is 0 Å². The van der Waals surface area contributed by atoms with E-state index in [1.165, 1.54) is 18.2 Å². The second kappa shape index (κ2) is 15.8. The van der Waals surface area contributed by atoms with Crippen LogP contribution >= 0.6 is 12.6 Å². The topological polar surface area (TPSA) is 49.8 Å². The van der Waals surface area contributed by atoms with Gasteiger partial charge in [0.15, 0.2) is 0 Å². The molecule has 0 heterocycles. The van der Waals surface area contributed by atoms with E-state index in [1.54, 1.807) is 0 Å². The maximum absolute atomic E-state index is 7.18. The highest BCUT2D eigenvalue weighted by atomic mass is 32.1. The molecule has 0 aromatic heterocycles. The lowest BCUT2D eigenvalue weighted by Gasteiger charge is -1.80. The minimum Gasteiger partial charge on any atom is -0.330 e. The summed E-state index contributed by atoms with van der Waals surface area (Å²) >= 11 is 3.09. The molecule has 0 aromatic rings. The summed E-state index contributed by atoms with van der Waals surface area (Å²) in [5, 5.41) is 8.63. The Morgan fingerprint density at radius 3 is 2.12 bits per heavy atom. The van der Waals surface area contributed by atoms with Gasteiger partial charge in [-0.15, -0.1) is 0 Å². The third kappa shape index (κ3) is 41.2. The molecule has 0 aromatic carbocycles. The van der Waals surface area contributed by atoms with Crippen LogP contribution < -0.4 is 5.73 Å². The van der Waals surface area contributed by atoms with Gasteiger partial charge in [0.05, 0.1) is 0 Å². The second-order valence-corrected chi connectivity index (χ2v) is 1.44. The van der Waals surface area contributed by atoms with Crippen LogP contribution in [0.1, 0.15) is 19.8 Å². The molecule has 0 aliphatic carbocycles. The average molecular weight is 132 g/mol. The molecule has 0 amide bonds. The van der Waals surface area contributed by atoms with E-state index < -0.39 is 0 Å². The molecular weight excluding hydrogens is 120 g/mol. The number of nitriles is 1. The molecule has 0 rings (SSSR count). The van der Waals surface area contributed by atoms with Gasteiger partial charge in [0.2, 0.25) is 0 Å². The zero-order chi connectivity index (χ0) is 6.83.